The van der Waals surface area contributed by atoms with Crippen LogP contribution in [0.15, 0.2) is 0 Å². The van der Waals surface area contributed by atoms with Gasteiger partial charge in [-0.3, -0.25) is 0 Å². The van der Waals surface area contributed by atoms with Crippen LogP contribution in [0.1, 0.15) is 47.5 Å². The maximum Gasteiger partial charge on any atom is 0.146 e. The van der Waals surface area contributed by atoms with Gasteiger partial charge in [0.25, 0.3) is 0 Å². The molecule has 86 valence electrons. The molecule has 0 aromatic heterocycles. The lowest BCUT2D eigenvalue weighted by atomic mass is 10.2. The summed E-state index contributed by atoms with van der Waals surface area (Å²) in [7, 11) is -1.56. The summed E-state index contributed by atoms with van der Waals surface area (Å²) in [5.41, 5.74) is 0. The summed E-state index contributed by atoms with van der Waals surface area (Å²) in [5.74, 6) is 0. The average molecular weight is 236 g/mol. The van der Waals surface area contributed by atoms with Crippen molar-refractivity contribution in [3.8, 4) is 0 Å². The summed E-state index contributed by atoms with van der Waals surface area (Å²) in [5, 5.41) is 0.652. The van der Waals surface area contributed by atoms with Crippen LogP contribution in [0, 0.1) is 0 Å². The highest BCUT2D eigenvalue weighted by molar-refractivity contribution is 6.86. The van der Waals surface area contributed by atoms with Crippen LogP contribution >= 0.6 is 11.6 Å². The fourth-order valence-electron chi connectivity index (χ4n) is 1.64. The van der Waals surface area contributed by atoms with E-state index in [1.165, 1.54) is 6.42 Å². The van der Waals surface area contributed by atoms with Crippen LogP contribution in [-0.4, -0.2) is 19.8 Å². The minimum absolute atomic E-state index is 0.324. The van der Waals surface area contributed by atoms with Gasteiger partial charge in [-0.15, -0.1) is 11.6 Å². The zero-order valence-corrected chi connectivity index (χ0v) is 12.3. The topological polar surface area (TPSA) is 12.0 Å². The van der Waals surface area contributed by atoms with Crippen LogP contribution in [0.2, 0.25) is 11.6 Å². The lowest BCUT2D eigenvalue weighted by Crippen LogP contribution is -2.61. The minimum Gasteiger partial charge on any atom is -0.336 e. The number of halogens is 1. The maximum absolute atomic E-state index is 6.49. The van der Waals surface area contributed by atoms with Crippen LogP contribution in [-0.2, 0) is 0 Å². The third-order valence-electron chi connectivity index (χ3n) is 3.29. The van der Waals surface area contributed by atoms with Crippen molar-refractivity contribution < 1.29 is 0 Å². The van der Waals surface area contributed by atoms with Gasteiger partial charge in [-0.25, -0.2) is 0 Å². The van der Waals surface area contributed by atoms with Crippen molar-refractivity contribution in [1.82, 2.24) is 4.98 Å². The Kier molecular flexibility index (Phi) is 5.71. The zero-order valence-electron chi connectivity index (χ0n) is 10.6. The van der Waals surface area contributed by atoms with Gasteiger partial charge < -0.3 is 4.98 Å². The Bertz CT molecular complexity index is 167. The van der Waals surface area contributed by atoms with E-state index < -0.39 is 8.24 Å². The van der Waals surface area contributed by atoms with Crippen molar-refractivity contribution in [1.29, 1.82) is 0 Å². The fraction of sp³-hybridized carbons (Fsp3) is 1.00. The van der Waals surface area contributed by atoms with E-state index in [1.807, 2.05) is 0 Å². The molecule has 0 saturated carbocycles. The highest BCUT2D eigenvalue weighted by atomic mass is 35.5. The highest BCUT2D eigenvalue weighted by Gasteiger charge is 2.44. The highest BCUT2D eigenvalue weighted by Crippen LogP contribution is 2.39. The molecule has 14 heavy (non-hydrogen) atoms. The number of rotatable bonds is 5. The van der Waals surface area contributed by atoms with Crippen molar-refractivity contribution in [3.05, 3.63) is 0 Å². The first kappa shape index (κ1) is 14.5. The summed E-state index contributed by atoms with van der Waals surface area (Å²) in [6.45, 7) is 14.8. The van der Waals surface area contributed by atoms with Gasteiger partial charge in [0.15, 0.2) is 0 Å². The third kappa shape index (κ3) is 3.25. The monoisotopic (exact) mass is 235 g/mol. The van der Waals surface area contributed by atoms with Gasteiger partial charge in [-0.05, 0) is 24.4 Å². The average Bonchev–Trinajstić information content (AvgIpc) is 2.10. The second kappa shape index (κ2) is 5.52. The molecule has 0 radical (unpaired) electrons. The Morgan fingerprint density at radius 2 is 1.79 bits per heavy atom. The standard InChI is InChI=1S/C11H26ClNSi/c1-7-9-13-14(6,10(12)8-2)11(3,4)5/h10,13H,7-9H2,1-6H3. The molecule has 0 heterocycles. The van der Waals surface area contributed by atoms with E-state index in [0.29, 0.717) is 10.0 Å². The van der Waals surface area contributed by atoms with Crippen molar-refractivity contribution >= 4 is 19.8 Å². The molecule has 3 heteroatoms. The quantitative estimate of drug-likeness (QED) is 0.563. The molecule has 0 spiro atoms. The smallest absolute Gasteiger partial charge is 0.146 e. The first-order valence-electron chi connectivity index (χ1n) is 5.68. The van der Waals surface area contributed by atoms with E-state index in [0.717, 1.165) is 13.0 Å². The van der Waals surface area contributed by atoms with Crippen LogP contribution in [0.3, 0.4) is 0 Å². The van der Waals surface area contributed by atoms with Gasteiger partial charge >= 0.3 is 0 Å². The Balaban J connectivity index is 4.67. The number of hydrogen-bond donors (Lipinski definition) is 1. The molecular weight excluding hydrogens is 210 g/mol. The molecule has 2 unspecified atom stereocenters. The largest absolute Gasteiger partial charge is 0.336 e. The summed E-state index contributed by atoms with van der Waals surface area (Å²) in [6.07, 6.45) is 2.25. The molecule has 1 N–H and O–H groups in total. The maximum atomic E-state index is 6.49. The van der Waals surface area contributed by atoms with Gasteiger partial charge in [0.2, 0.25) is 0 Å². The van der Waals surface area contributed by atoms with E-state index >= 15 is 0 Å². The molecule has 0 aliphatic heterocycles. The molecule has 0 rings (SSSR count). The predicted molar refractivity (Wildman–Crippen MR) is 69.6 cm³/mol. The van der Waals surface area contributed by atoms with Gasteiger partial charge in [-0.2, -0.15) is 0 Å². The summed E-state index contributed by atoms with van der Waals surface area (Å²) in [4.78, 5) is 3.74. The van der Waals surface area contributed by atoms with Crippen molar-refractivity contribution in [2.45, 2.75) is 64.0 Å². The third-order valence-corrected chi connectivity index (χ3v) is 10.7. The first-order chi connectivity index (χ1) is 6.29. The lowest BCUT2D eigenvalue weighted by molar-refractivity contribution is 0.656. The number of hydrogen-bond acceptors (Lipinski definition) is 1. The van der Waals surface area contributed by atoms with Gasteiger partial charge in [-0.1, -0.05) is 41.2 Å². The summed E-state index contributed by atoms with van der Waals surface area (Å²) >= 11 is 6.49. The van der Waals surface area contributed by atoms with E-state index in [9.17, 15) is 0 Å². The molecule has 0 aromatic rings. The molecule has 0 amide bonds. The second-order valence-corrected chi connectivity index (χ2v) is 11.1. The Labute approximate surface area is 95.7 Å². The molecule has 0 fully saturated rings. The van der Waals surface area contributed by atoms with Crippen molar-refractivity contribution in [2.24, 2.45) is 0 Å². The van der Waals surface area contributed by atoms with Gasteiger partial charge in [0.05, 0.1) is 0 Å². The molecule has 2 atom stereocenters. The van der Waals surface area contributed by atoms with E-state index in [2.05, 4.69) is 46.1 Å². The molecule has 0 aliphatic carbocycles. The van der Waals surface area contributed by atoms with Gasteiger partial charge in [0, 0.05) is 5.00 Å². The molecule has 0 aromatic carbocycles. The molecule has 1 nitrogen and oxygen atoms in total. The predicted octanol–water partition coefficient (Wildman–Crippen LogP) is 3.92. The van der Waals surface area contributed by atoms with Crippen LogP contribution in [0.4, 0.5) is 0 Å². The Hall–Kier alpha value is 0.467. The van der Waals surface area contributed by atoms with Crippen molar-refractivity contribution in [3.63, 3.8) is 0 Å². The van der Waals surface area contributed by atoms with Crippen LogP contribution < -0.4 is 4.98 Å². The molecule has 0 aliphatic rings. The van der Waals surface area contributed by atoms with Gasteiger partial charge in [0.1, 0.15) is 8.24 Å². The van der Waals surface area contributed by atoms with Crippen molar-refractivity contribution in [2.75, 3.05) is 6.54 Å². The lowest BCUT2D eigenvalue weighted by Gasteiger charge is -2.43. The molecule has 0 bridgehead atoms. The Morgan fingerprint density at radius 3 is 2.07 bits per heavy atom. The number of alkyl halides is 1. The van der Waals surface area contributed by atoms with E-state index in [-0.39, 0.29) is 0 Å². The SMILES string of the molecule is CCCN[Si](C)(C(Cl)CC)C(C)(C)C. The van der Waals surface area contributed by atoms with Crippen LogP contribution in [0.5, 0.6) is 0 Å². The van der Waals surface area contributed by atoms with E-state index in [4.69, 9.17) is 11.6 Å². The molecule has 0 saturated heterocycles. The second-order valence-electron chi connectivity index (χ2n) is 5.25. The number of nitrogens with one attached hydrogen (secondary N) is 1. The van der Waals surface area contributed by atoms with Crippen LogP contribution in [0.25, 0.3) is 0 Å². The van der Waals surface area contributed by atoms with E-state index in [1.54, 1.807) is 0 Å². The molecular formula is C11H26ClNSi. The summed E-state index contributed by atoms with van der Waals surface area (Å²) < 4.78 is 0. The normalized spacial score (nSPS) is 19.1. The fourth-order valence-corrected chi connectivity index (χ4v) is 6.13. The minimum atomic E-state index is -1.56. The Morgan fingerprint density at radius 1 is 1.29 bits per heavy atom. The summed E-state index contributed by atoms with van der Waals surface area (Å²) in [6, 6.07) is 0. The first-order valence-corrected chi connectivity index (χ1v) is 8.70. The zero-order chi connectivity index (χ0) is 11.4.